The number of nitrogens with one attached hydrogen (secondary N) is 2. The number of nitrogens with zero attached hydrogens (tertiary/aromatic N) is 5. The fourth-order valence-electron chi connectivity index (χ4n) is 1.50. The maximum absolute atomic E-state index is 11.5. The second kappa shape index (κ2) is 6.78. The lowest BCUT2D eigenvalue weighted by Gasteiger charge is -2.07. The molecule has 0 aliphatic rings. The van der Waals surface area contributed by atoms with Gasteiger partial charge >= 0.3 is 0 Å². The topological polar surface area (TPSA) is 115 Å². The van der Waals surface area contributed by atoms with Crippen LogP contribution in [0.15, 0.2) is 18.7 Å². The molecule has 2 rings (SSSR count). The number of sulfonamides is 1. The van der Waals surface area contributed by atoms with E-state index in [0.29, 0.717) is 12.5 Å². The standard InChI is InChI=1S/C10H14ClN7O2S/c1-2-14-21(19,20)6-4-13-9-15-8(11)16-10(17-9)18-5-3-12-7-18/h3,5,7,14H,2,4,6H2,1H3,(H,13,15,16,17). The van der Waals surface area contributed by atoms with Crippen molar-refractivity contribution in [3.05, 3.63) is 24.0 Å². The molecular formula is C10H14ClN7O2S. The number of aromatic nitrogens is 5. The number of rotatable bonds is 7. The lowest BCUT2D eigenvalue weighted by atomic mass is 10.7. The van der Waals surface area contributed by atoms with Gasteiger partial charge in [-0.15, -0.1) is 0 Å². The average Bonchev–Trinajstić information content (AvgIpc) is 2.91. The van der Waals surface area contributed by atoms with Crippen LogP contribution in [0.4, 0.5) is 5.95 Å². The zero-order chi connectivity index (χ0) is 15.3. The van der Waals surface area contributed by atoms with Gasteiger partial charge in [0.25, 0.3) is 0 Å². The molecule has 0 atom stereocenters. The van der Waals surface area contributed by atoms with Crippen LogP contribution in [0.1, 0.15) is 6.92 Å². The van der Waals surface area contributed by atoms with E-state index in [0.717, 1.165) is 0 Å². The first-order valence-corrected chi connectivity index (χ1v) is 8.14. The van der Waals surface area contributed by atoms with Crippen molar-refractivity contribution in [1.29, 1.82) is 0 Å². The van der Waals surface area contributed by atoms with E-state index < -0.39 is 10.0 Å². The van der Waals surface area contributed by atoms with E-state index in [1.54, 1.807) is 23.9 Å². The normalized spacial score (nSPS) is 11.5. The quantitative estimate of drug-likeness (QED) is 0.737. The molecule has 0 saturated heterocycles. The van der Waals surface area contributed by atoms with Gasteiger partial charge < -0.3 is 5.32 Å². The molecule has 9 nitrogen and oxygen atoms in total. The number of imidazole rings is 1. The van der Waals surface area contributed by atoms with Crippen LogP contribution in [0.25, 0.3) is 5.95 Å². The Balaban J connectivity index is 2.04. The van der Waals surface area contributed by atoms with E-state index in [-0.39, 0.29) is 23.5 Å². The van der Waals surface area contributed by atoms with Gasteiger partial charge in [0.05, 0.1) is 5.75 Å². The molecule has 0 spiro atoms. The maximum Gasteiger partial charge on any atom is 0.241 e. The Morgan fingerprint density at radius 1 is 1.33 bits per heavy atom. The third-order valence-electron chi connectivity index (χ3n) is 2.35. The van der Waals surface area contributed by atoms with E-state index in [9.17, 15) is 8.42 Å². The summed E-state index contributed by atoms with van der Waals surface area (Å²) in [4.78, 5) is 15.9. The molecule has 2 aromatic rings. The number of hydrogen-bond donors (Lipinski definition) is 2. The number of anilines is 1. The van der Waals surface area contributed by atoms with Crippen LogP contribution in [-0.4, -0.2) is 51.8 Å². The molecule has 0 saturated carbocycles. The SMILES string of the molecule is CCNS(=O)(=O)CCNc1nc(Cl)nc(-n2ccnc2)n1. The number of halogens is 1. The molecule has 2 heterocycles. The summed E-state index contributed by atoms with van der Waals surface area (Å²) < 4.78 is 27.0. The van der Waals surface area contributed by atoms with Crippen LogP contribution in [0, 0.1) is 0 Å². The molecular weight excluding hydrogens is 318 g/mol. The third kappa shape index (κ3) is 4.62. The molecule has 0 radical (unpaired) electrons. The van der Waals surface area contributed by atoms with Gasteiger partial charge in [-0.05, 0) is 11.6 Å². The highest BCUT2D eigenvalue weighted by Gasteiger charge is 2.10. The van der Waals surface area contributed by atoms with E-state index in [2.05, 4.69) is 30.0 Å². The summed E-state index contributed by atoms with van der Waals surface area (Å²) in [6.45, 7) is 2.22. The Labute approximate surface area is 126 Å². The Morgan fingerprint density at radius 3 is 2.81 bits per heavy atom. The van der Waals surface area contributed by atoms with Gasteiger partial charge in [0.1, 0.15) is 6.33 Å². The summed E-state index contributed by atoms with van der Waals surface area (Å²) in [7, 11) is -3.30. The van der Waals surface area contributed by atoms with Gasteiger partial charge in [-0.25, -0.2) is 18.1 Å². The molecule has 2 N–H and O–H groups in total. The largest absolute Gasteiger partial charge is 0.353 e. The van der Waals surface area contributed by atoms with E-state index >= 15 is 0 Å². The van der Waals surface area contributed by atoms with Crippen molar-refractivity contribution in [2.75, 3.05) is 24.2 Å². The Morgan fingerprint density at radius 2 is 2.14 bits per heavy atom. The van der Waals surface area contributed by atoms with Crippen molar-refractivity contribution in [2.24, 2.45) is 0 Å². The molecule has 0 aromatic carbocycles. The minimum Gasteiger partial charge on any atom is -0.353 e. The summed E-state index contributed by atoms with van der Waals surface area (Å²) >= 11 is 5.82. The second-order valence-electron chi connectivity index (χ2n) is 3.94. The predicted octanol–water partition coefficient (Wildman–Crippen LogP) is 0.0619. The van der Waals surface area contributed by atoms with Crippen LogP contribution >= 0.6 is 11.6 Å². The van der Waals surface area contributed by atoms with Crippen LogP contribution in [0.3, 0.4) is 0 Å². The van der Waals surface area contributed by atoms with Gasteiger partial charge in [0, 0.05) is 25.5 Å². The molecule has 21 heavy (non-hydrogen) atoms. The van der Waals surface area contributed by atoms with Crippen molar-refractivity contribution in [1.82, 2.24) is 29.2 Å². The Hall–Kier alpha value is -1.78. The van der Waals surface area contributed by atoms with Gasteiger partial charge in [-0.3, -0.25) is 4.57 Å². The Bertz CT molecular complexity index is 689. The molecule has 0 aliphatic carbocycles. The second-order valence-corrected chi connectivity index (χ2v) is 6.21. The van der Waals surface area contributed by atoms with Crippen LogP contribution in [-0.2, 0) is 10.0 Å². The van der Waals surface area contributed by atoms with Crippen LogP contribution < -0.4 is 10.0 Å². The van der Waals surface area contributed by atoms with Crippen LogP contribution in [0.5, 0.6) is 0 Å². The zero-order valence-corrected chi connectivity index (χ0v) is 12.8. The van der Waals surface area contributed by atoms with E-state index in [1.165, 1.54) is 6.33 Å². The van der Waals surface area contributed by atoms with Gasteiger partial charge in [-0.2, -0.15) is 15.0 Å². The van der Waals surface area contributed by atoms with Crippen molar-refractivity contribution < 1.29 is 8.42 Å². The molecule has 0 fully saturated rings. The average molecular weight is 332 g/mol. The predicted molar refractivity (Wildman–Crippen MR) is 77.9 cm³/mol. The smallest absolute Gasteiger partial charge is 0.241 e. The fourth-order valence-corrected chi connectivity index (χ4v) is 2.61. The molecule has 0 bridgehead atoms. The maximum atomic E-state index is 11.5. The molecule has 0 unspecified atom stereocenters. The van der Waals surface area contributed by atoms with E-state index in [4.69, 9.17) is 11.6 Å². The summed E-state index contributed by atoms with van der Waals surface area (Å²) in [6, 6.07) is 0. The molecule has 114 valence electrons. The first-order valence-electron chi connectivity index (χ1n) is 6.11. The van der Waals surface area contributed by atoms with Crippen LogP contribution in [0.2, 0.25) is 5.28 Å². The summed E-state index contributed by atoms with van der Waals surface area (Å²) in [5.41, 5.74) is 0. The van der Waals surface area contributed by atoms with Crippen molar-refractivity contribution in [2.45, 2.75) is 6.92 Å². The molecule has 0 aliphatic heterocycles. The fraction of sp³-hybridized carbons (Fsp3) is 0.400. The lowest BCUT2D eigenvalue weighted by Crippen LogP contribution is -2.29. The highest BCUT2D eigenvalue weighted by Crippen LogP contribution is 2.09. The monoisotopic (exact) mass is 331 g/mol. The van der Waals surface area contributed by atoms with Gasteiger partial charge in [0.2, 0.25) is 27.2 Å². The number of hydrogen-bond acceptors (Lipinski definition) is 7. The highest BCUT2D eigenvalue weighted by molar-refractivity contribution is 7.89. The van der Waals surface area contributed by atoms with Crippen molar-refractivity contribution in [3.8, 4) is 5.95 Å². The van der Waals surface area contributed by atoms with E-state index in [1.807, 2.05) is 0 Å². The van der Waals surface area contributed by atoms with Gasteiger partial charge in [-0.1, -0.05) is 6.92 Å². The third-order valence-corrected chi connectivity index (χ3v) is 3.99. The minimum absolute atomic E-state index is 0.00532. The summed E-state index contributed by atoms with van der Waals surface area (Å²) in [6.07, 6.45) is 4.75. The van der Waals surface area contributed by atoms with Crippen molar-refractivity contribution in [3.63, 3.8) is 0 Å². The molecule has 11 heteroatoms. The minimum atomic E-state index is -3.30. The summed E-state index contributed by atoms with van der Waals surface area (Å²) in [5, 5.41) is 2.81. The highest BCUT2D eigenvalue weighted by atomic mass is 35.5. The zero-order valence-electron chi connectivity index (χ0n) is 11.2. The Kier molecular flexibility index (Phi) is 5.04. The van der Waals surface area contributed by atoms with Crippen molar-refractivity contribution >= 4 is 27.6 Å². The van der Waals surface area contributed by atoms with Gasteiger partial charge in [0.15, 0.2) is 0 Å². The summed E-state index contributed by atoms with van der Waals surface area (Å²) in [5.74, 6) is 0.403. The lowest BCUT2D eigenvalue weighted by molar-refractivity contribution is 0.584. The first-order chi connectivity index (χ1) is 10.00. The molecule has 0 amide bonds. The molecule has 2 aromatic heterocycles. The first kappa shape index (κ1) is 15.6.